The molecule has 1 heterocycles. The molecule has 1 aromatic carbocycles. The summed E-state index contributed by atoms with van der Waals surface area (Å²) >= 11 is 0. The van der Waals surface area contributed by atoms with Gasteiger partial charge in [-0.05, 0) is 5.92 Å². The number of hydrogen-bond acceptors (Lipinski definition) is 2. The molecule has 0 spiro atoms. The standard InChI is InChI=1S/C15H19N3O/c1-11(2)9-16-15(19)13-10-17-18(3)14(13)12-7-5-4-6-8-12/h4-8,10-11H,9H2,1-3H3,(H,16,19). The molecular weight excluding hydrogens is 238 g/mol. The van der Waals surface area contributed by atoms with Gasteiger partial charge in [0.15, 0.2) is 0 Å². The highest BCUT2D eigenvalue weighted by Gasteiger charge is 2.17. The van der Waals surface area contributed by atoms with Gasteiger partial charge in [0, 0.05) is 19.2 Å². The van der Waals surface area contributed by atoms with Gasteiger partial charge in [-0.2, -0.15) is 5.10 Å². The fraction of sp³-hybridized carbons (Fsp3) is 0.333. The maximum Gasteiger partial charge on any atom is 0.255 e. The Morgan fingerprint density at radius 3 is 2.63 bits per heavy atom. The first kappa shape index (κ1) is 13.3. The third-order valence-electron chi connectivity index (χ3n) is 2.90. The first-order valence-corrected chi connectivity index (χ1v) is 6.45. The summed E-state index contributed by atoms with van der Waals surface area (Å²) in [6, 6.07) is 9.83. The smallest absolute Gasteiger partial charge is 0.255 e. The van der Waals surface area contributed by atoms with Crippen molar-refractivity contribution in [3.63, 3.8) is 0 Å². The van der Waals surface area contributed by atoms with Crippen LogP contribution in [-0.2, 0) is 7.05 Å². The van der Waals surface area contributed by atoms with Crippen molar-refractivity contribution in [3.8, 4) is 11.3 Å². The molecule has 0 saturated heterocycles. The number of nitrogens with zero attached hydrogens (tertiary/aromatic N) is 2. The van der Waals surface area contributed by atoms with Crippen LogP contribution in [0, 0.1) is 5.92 Å². The molecule has 0 unspecified atom stereocenters. The van der Waals surface area contributed by atoms with Gasteiger partial charge >= 0.3 is 0 Å². The molecule has 0 aliphatic heterocycles. The molecule has 4 heteroatoms. The number of nitrogens with one attached hydrogen (secondary N) is 1. The van der Waals surface area contributed by atoms with Crippen molar-refractivity contribution in [2.75, 3.05) is 6.54 Å². The third kappa shape index (κ3) is 3.02. The highest BCUT2D eigenvalue weighted by atomic mass is 16.1. The molecule has 100 valence electrons. The van der Waals surface area contributed by atoms with Crippen LogP contribution in [0.15, 0.2) is 36.5 Å². The number of aromatic nitrogens is 2. The summed E-state index contributed by atoms with van der Waals surface area (Å²) in [5, 5.41) is 7.13. The zero-order chi connectivity index (χ0) is 13.8. The van der Waals surface area contributed by atoms with Crippen molar-refractivity contribution in [1.82, 2.24) is 15.1 Å². The molecule has 0 saturated carbocycles. The van der Waals surface area contributed by atoms with Gasteiger partial charge in [-0.15, -0.1) is 0 Å². The van der Waals surface area contributed by atoms with Crippen molar-refractivity contribution in [1.29, 1.82) is 0 Å². The molecule has 4 nitrogen and oxygen atoms in total. The van der Waals surface area contributed by atoms with E-state index in [4.69, 9.17) is 0 Å². The number of hydrogen-bond donors (Lipinski definition) is 1. The van der Waals surface area contributed by atoms with Crippen LogP contribution in [-0.4, -0.2) is 22.2 Å². The highest BCUT2D eigenvalue weighted by molar-refractivity contribution is 5.99. The van der Waals surface area contributed by atoms with Gasteiger partial charge in [-0.3, -0.25) is 9.48 Å². The predicted octanol–water partition coefficient (Wildman–Crippen LogP) is 2.47. The van der Waals surface area contributed by atoms with E-state index in [0.717, 1.165) is 11.3 Å². The summed E-state index contributed by atoms with van der Waals surface area (Å²) < 4.78 is 1.74. The van der Waals surface area contributed by atoms with Crippen LogP contribution < -0.4 is 5.32 Å². The summed E-state index contributed by atoms with van der Waals surface area (Å²) in [6.07, 6.45) is 1.62. The van der Waals surface area contributed by atoms with Crippen LogP contribution in [0.3, 0.4) is 0 Å². The van der Waals surface area contributed by atoms with E-state index in [9.17, 15) is 4.79 Å². The first-order chi connectivity index (χ1) is 9.09. The lowest BCUT2D eigenvalue weighted by molar-refractivity contribution is 0.0949. The normalized spacial score (nSPS) is 10.7. The predicted molar refractivity (Wildman–Crippen MR) is 75.8 cm³/mol. The zero-order valence-corrected chi connectivity index (χ0v) is 11.6. The van der Waals surface area contributed by atoms with Crippen LogP contribution in [0.4, 0.5) is 0 Å². The van der Waals surface area contributed by atoms with Gasteiger partial charge in [0.25, 0.3) is 5.91 Å². The topological polar surface area (TPSA) is 46.9 Å². The van der Waals surface area contributed by atoms with Gasteiger partial charge in [-0.25, -0.2) is 0 Å². The molecule has 1 N–H and O–H groups in total. The minimum absolute atomic E-state index is 0.0688. The number of carbonyl (C=O) groups excluding carboxylic acids is 1. The monoisotopic (exact) mass is 257 g/mol. The van der Waals surface area contributed by atoms with Gasteiger partial charge in [0.2, 0.25) is 0 Å². The second-order valence-electron chi connectivity index (χ2n) is 5.00. The van der Waals surface area contributed by atoms with Gasteiger partial charge in [-0.1, -0.05) is 44.2 Å². The minimum atomic E-state index is -0.0688. The van der Waals surface area contributed by atoms with Crippen LogP contribution in [0.5, 0.6) is 0 Å². The van der Waals surface area contributed by atoms with Crippen LogP contribution in [0.2, 0.25) is 0 Å². The second-order valence-corrected chi connectivity index (χ2v) is 5.00. The molecular formula is C15H19N3O. The van der Waals surface area contributed by atoms with E-state index in [-0.39, 0.29) is 5.91 Å². The molecule has 19 heavy (non-hydrogen) atoms. The van der Waals surface area contributed by atoms with Crippen molar-refractivity contribution >= 4 is 5.91 Å². The molecule has 1 amide bonds. The molecule has 0 fully saturated rings. The highest BCUT2D eigenvalue weighted by Crippen LogP contribution is 2.22. The molecule has 2 aromatic rings. The SMILES string of the molecule is CC(C)CNC(=O)c1cnn(C)c1-c1ccccc1. The molecule has 0 atom stereocenters. The fourth-order valence-corrected chi connectivity index (χ4v) is 1.93. The lowest BCUT2D eigenvalue weighted by Gasteiger charge is -2.09. The summed E-state index contributed by atoms with van der Waals surface area (Å²) in [7, 11) is 1.85. The summed E-state index contributed by atoms with van der Waals surface area (Å²) in [5.41, 5.74) is 2.47. The van der Waals surface area contributed by atoms with E-state index in [1.54, 1.807) is 10.9 Å². The average molecular weight is 257 g/mol. The Morgan fingerprint density at radius 2 is 2.00 bits per heavy atom. The lowest BCUT2D eigenvalue weighted by Crippen LogP contribution is -2.27. The Kier molecular flexibility index (Phi) is 4.00. The molecule has 0 bridgehead atoms. The first-order valence-electron chi connectivity index (χ1n) is 6.45. The number of carbonyl (C=O) groups is 1. The van der Waals surface area contributed by atoms with E-state index >= 15 is 0 Å². The van der Waals surface area contributed by atoms with Gasteiger partial charge < -0.3 is 5.32 Å². The van der Waals surface area contributed by atoms with Crippen LogP contribution >= 0.6 is 0 Å². The van der Waals surface area contributed by atoms with Crippen molar-refractivity contribution < 1.29 is 4.79 Å². The van der Waals surface area contributed by atoms with Crippen molar-refractivity contribution in [2.45, 2.75) is 13.8 Å². The van der Waals surface area contributed by atoms with E-state index in [1.807, 2.05) is 37.4 Å². The maximum absolute atomic E-state index is 12.2. The largest absolute Gasteiger partial charge is 0.352 e. The number of benzene rings is 1. The van der Waals surface area contributed by atoms with E-state index in [0.29, 0.717) is 18.0 Å². The molecule has 0 aliphatic carbocycles. The second kappa shape index (κ2) is 5.69. The number of rotatable bonds is 4. The Hall–Kier alpha value is -2.10. The van der Waals surface area contributed by atoms with E-state index in [2.05, 4.69) is 24.3 Å². The van der Waals surface area contributed by atoms with Crippen LogP contribution in [0.1, 0.15) is 24.2 Å². The maximum atomic E-state index is 12.2. The zero-order valence-electron chi connectivity index (χ0n) is 11.6. The Morgan fingerprint density at radius 1 is 1.32 bits per heavy atom. The number of amides is 1. The summed E-state index contributed by atoms with van der Waals surface area (Å²) in [4.78, 5) is 12.2. The van der Waals surface area contributed by atoms with Crippen molar-refractivity contribution in [2.24, 2.45) is 13.0 Å². The molecule has 0 radical (unpaired) electrons. The minimum Gasteiger partial charge on any atom is -0.352 e. The third-order valence-corrected chi connectivity index (χ3v) is 2.90. The van der Waals surface area contributed by atoms with Gasteiger partial charge in [0.1, 0.15) is 0 Å². The molecule has 0 aliphatic rings. The number of aryl methyl sites for hydroxylation is 1. The molecule has 2 rings (SSSR count). The Bertz CT molecular complexity index is 558. The summed E-state index contributed by atoms with van der Waals surface area (Å²) in [5.74, 6) is 0.362. The Balaban J connectivity index is 2.30. The fourth-order valence-electron chi connectivity index (χ4n) is 1.93. The van der Waals surface area contributed by atoms with E-state index < -0.39 is 0 Å². The van der Waals surface area contributed by atoms with Crippen molar-refractivity contribution in [3.05, 3.63) is 42.1 Å². The molecule has 1 aromatic heterocycles. The lowest BCUT2D eigenvalue weighted by atomic mass is 10.1. The average Bonchev–Trinajstić information content (AvgIpc) is 2.79. The summed E-state index contributed by atoms with van der Waals surface area (Å²) in [6.45, 7) is 4.81. The Labute approximate surface area is 113 Å². The quantitative estimate of drug-likeness (QED) is 0.914. The van der Waals surface area contributed by atoms with E-state index in [1.165, 1.54) is 0 Å². The van der Waals surface area contributed by atoms with Crippen LogP contribution in [0.25, 0.3) is 11.3 Å². The van der Waals surface area contributed by atoms with Gasteiger partial charge in [0.05, 0.1) is 17.5 Å².